The summed E-state index contributed by atoms with van der Waals surface area (Å²) in [7, 11) is 0. The van der Waals surface area contributed by atoms with E-state index >= 15 is 0 Å². The molecule has 9 heteroatoms. The fourth-order valence-corrected chi connectivity index (χ4v) is 5.81. The van der Waals surface area contributed by atoms with Crippen molar-refractivity contribution in [1.82, 2.24) is 20.4 Å². The molecule has 2 aliphatic rings. The van der Waals surface area contributed by atoms with E-state index in [9.17, 15) is 14.4 Å². The van der Waals surface area contributed by atoms with Gasteiger partial charge in [-0.25, -0.2) is 0 Å². The Kier molecular flexibility index (Phi) is 9.01. The van der Waals surface area contributed by atoms with Crippen LogP contribution in [-0.4, -0.2) is 78.1 Å². The minimum atomic E-state index is -0.890. The van der Waals surface area contributed by atoms with Crippen molar-refractivity contribution in [2.24, 2.45) is 0 Å². The second kappa shape index (κ2) is 12.4. The van der Waals surface area contributed by atoms with E-state index in [0.29, 0.717) is 52.1 Å². The third-order valence-electron chi connectivity index (χ3n) is 6.42. The Morgan fingerprint density at radius 3 is 2.49 bits per heavy atom. The number of thioether (sulfide) groups is 1. The van der Waals surface area contributed by atoms with Crippen LogP contribution in [0, 0.1) is 0 Å². The third kappa shape index (κ3) is 6.74. The average Bonchev–Trinajstić information content (AvgIpc) is 3.32. The van der Waals surface area contributed by atoms with Gasteiger partial charge in [-0.05, 0) is 60.8 Å². The van der Waals surface area contributed by atoms with Gasteiger partial charge in [-0.2, -0.15) is 0 Å². The summed E-state index contributed by atoms with van der Waals surface area (Å²) >= 11 is 2.86. The van der Waals surface area contributed by atoms with Crippen LogP contribution in [0.25, 0.3) is 6.08 Å². The quantitative estimate of drug-likeness (QED) is 0.596. The van der Waals surface area contributed by atoms with Crippen LogP contribution in [-0.2, 0) is 9.59 Å². The molecule has 0 aliphatic carbocycles. The number of rotatable bonds is 7. The molecule has 3 amide bonds. The fraction of sp³-hybridized carbons (Fsp3) is 0.423. The van der Waals surface area contributed by atoms with E-state index in [4.69, 9.17) is 0 Å². The lowest BCUT2D eigenvalue weighted by molar-refractivity contribution is -0.142. The minimum Gasteiger partial charge on any atom is -0.341 e. The van der Waals surface area contributed by atoms with Gasteiger partial charge >= 0.3 is 0 Å². The van der Waals surface area contributed by atoms with Gasteiger partial charge in [0, 0.05) is 26.2 Å². The lowest BCUT2D eigenvalue weighted by atomic mass is 9.86. The molecular formula is C26H32N4O3S2. The Morgan fingerprint density at radius 1 is 1.00 bits per heavy atom. The number of benzene rings is 1. The average molecular weight is 513 g/mol. The van der Waals surface area contributed by atoms with Gasteiger partial charge in [0.1, 0.15) is 5.54 Å². The number of nitrogens with zero attached hydrogens (tertiary/aromatic N) is 2. The Balaban J connectivity index is 1.35. The lowest BCUT2D eigenvalue weighted by Crippen LogP contribution is -2.64. The number of hydrogen-bond donors (Lipinski definition) is 2. The molecule has 4 rings (SSSR count). The molecule has 0 spiro atoms. The smallest absolute Gasteiger partial charge is 0.263 e. The highest BCUT2D eigenvalue weighted by atomic mass is 32.2. The maximum Gasteiger partial charge on any atom is 0.263 e. The van der Waals surface area contributed by atoms with E-state index < -0.39 is 5.54 Å². The van der Waals surface area contributed by atoms with Crippen molar-refractivity contribution in [2.75, 3.05) is 45.0 Å². The largest absolute Gasteiger partial charge is 0.341 e. The van der Waals surface area contributed by atoms with E-state index in [1.807, 2.05) is 69.1 Å². The Hall–Kier alpha value is -2.62. The molecule has 2 aliphatic heterocycles. The molecule has 0 saturated carbocycles. The first-order valence-electron chi connectivity index (χ1n) is 12.0. The van der Waals surface area contributed by atoms with Gasteiger partial charge in [0.2, 0.25) is 11.8 Å². The number of amides is 3. The summed E-state index contributed by atoms with van der Waals surface area (Å²) in [5, 5.41) is 10.2. The molecular weight excluding hydrogens is 480 g/mol. The number of nitrogens with one attached hydrogen (secondary N) is 2. The Bertz CT molecular complexity index is 1020. The molecule has 35 heavy (non-hydrogen) atoms. The normalized spacial score (nSPS) is 18.3. The van der Waals surface area contributed by atoms with Gasteiger partial charge in [0.05, 0.1) is 10.6 Å². The van der Waals surface area contributed by atoms with E-state index in [-0.39, 0.29) is 23.5 Å². The summed E-state index contributed by atoms with van der Waals surface area (Å²) in [4.78, 5) is 43.8. The molecule has 1 aromatic heterocycles. The van der Waals surface area contributed by atoms with Crippen LogP contribution in [0.2, 0.25) is 0 Å². The van der Waals surface area contributed by atoms with Crippen LogP contribution in [0.4, 0.5) is 0 Å². The molecule has 186 valence electrons. The van der Waals surface area contributed by atoms with Crippen LogP contribution in [0.5, 0.6) is 0 Å². The first-order valence-corrected chi connectivity index (χ1v) is 14.0. The Labute approximate surface area is 214 Å². The number of piperidine rings is 1. The molecule has 0 bridgehead atoms. The summed E-state index contributed by atoms with van der Waals surface area (Å²) in [5.74, 6) is 0.129. The number of hydrogen-bond acceptors (Lipinski definition) is 6. The topological polar surface area (TPSA) is 81.8 Å². The number of carbonyl (C=O) groups is 3. The second-order valence-electron chi connectivity index (χ2n) is 8.82. The molecule has 2 aromatic rings. The lowest BCUT2D eigenvalue weighted by Gasteiger charge is -2.40. The van der Waals surface area contributed by atoms with Gasteiger partial charge in [0.25, 0.3) is 5.91 Å². The number of thiophene rings is 1. The standard InChI is InChI=1S/C26H32N4O3S2/c31-23(20-34-19-9-21-6-2-1-3-7-21)28-26(10-12-27-13-11-26)25(33)30-15-5-14-29(16-17-30)24(32)22-8-4-18-35-22/h1-4,6-9,18-19,27H,5,10-17,20H2,(H,28,31)/b19-9-. The second-order valence-corrected chi connectivity index (χ2v) is 10.7. The number of carbonyl (C=O) groups excluding carboxylic acids is 3. The fourth-order valence-electron chi connectivity index (χ4n) is 4.55. The summed E-state index contributed by atoms with van der Waals surface area (Å²) < 4.78 is 0. The summed E-state index contributed by atoms with van der Waals surface area (Å²) in [6.07, 6.45) is 3.84. The van der Waals surface area contributed by atoms with Crippen LogP contribution in [0.1, 0.15) is 34.5 Å². The molecule has 2 saturated heterocycles. The van der Waals surface area contributed by atoms with Gasteiger partial charge in [0.15, 0.2) is 0 Å². The minimum absolute atomic E-state index is 0.0254. The predicted molar refractivity (Wildman–Crippen MR) is 142 cm³/mol. The zero-order valence-corrected chi connectivity index (χ0v) is 21.4. The zero-order valence-electron chi connectivity index (χ0n) is 19.8. The van der Waals surface area contributed by atoms with Gasteiger partial charge < -0.3 is 20.4 Å². The Morgan fingerprint density at radius 2 is 1.74 bits per heavy atom. The third-order valence-corrected chi connectivity index (χ3v) is 8.03. The molecule has 0 radical (unpaired) electrons. The van der Waals surface area contributed by atoms with E-state index in [1.165, 1.54) is 23.1 Å². The molecule has 2 N–H and O–H groups in total. The summed E-state index contributed by atoms with van der Waals surface area (Å²) in [6, 6.07) is 13.7. The van der Waals surface area contributed by atoms with Crippen LogP contribution in [0.3, 0.4) is 0 Å². The van der Waals surface area contributed by atoms with Crippen LogP contribution in [0.15, 0.2) is 53.3 Å². The molecule has 2 fully saturated rings. The SMILES string of the molecule is O=C(CS/C=C\c1ccccc1)NC1(C(=O)N2CCCN(C(=O)c3cccs3)CC2)CCNCC1. The van der Waals surface area contributed by atoms with E-state index in [1.54, 1.807) is 0 Å². The van der Waals surface area contributed by atoms with Crippen molar-refractivity contribution in [3.05, 3.63) is 63.7 Å². The summed E-state index contributed by atoms with van der Waals surface area (Å²) in [5.41, 5.74) is 0.192. The molecule has 7 nitrogen and oxygen atoms in total. The van der Waals surface area contributed by atoms with Gasteiger partial charge in [-0.15, -0.1) is 23.1 Å². The van der Waals surface area contributed by atoms with Crippen molar-refractivity contribution in [2.45, 2.75) is 24.8 Å². The molecule has 1 aromatic carbocycles. The predicted octanol–water partition coefficient (Wildman–Crippen LogP) is 3.07. The van der Waals surface area contributed by atoms with Crippen molar-refractivity contribution in [3.8, 4) is 0 Å². The maximum absolute atomic E-state index is 13.7. The first kappa shape index (κ1) is 25.5. The van der Waals surface area contributed by atoms with Crippen molar-refractivity contribution in [3.63, 3.8) is 0 Å². The summed E-state index contributed by atoms with van der Waals surface area (Å²) in [6.45, 7) is 3.58. The van der Waals surface area contributed by atoms with Crippen LogP contribution >= 0.6 is 23.1 Å². The van der Waals surface area contributed by atoms with Gasteiger partial charge in [-0.1, -0.05) is 36.4 Å². The monoisotopic (exact) mass is 512 g/mol. The van der Waals surface area contributed by atoms with E-state index in [0.717, 1.165) is 16.9 Å². The van der Waals surface area contributed by atoms with Crippen molar-refractivity contribution >= 4 is 46.9 Å². The van der Waals surface area contributed by atoms with Crippen molar-refractivity contribution < 1.29 is 14.4 Å². The molecule has 0 unspecified atom stereocenters. The molecule has 3 heterocycles. The maximum atomic E-state index is 13.7. The van der Waals surface area contributed by atoms with Crippen LogP contribution < -0.4 is 10.6 Å². The highest BCUT2D eigenvalue weighted by Crippen LogP contribution is 2.24. The van der Waals surface area contributed by atoms with Crippen molar-refractivity contribution in [1.29, 1.82) is 0 Å². The molecule has 0 atom stereocenters. The zero-order chi connectivity index (χ0) is 24.5. The first-order chi connectivity index (χ1) is 17.1. The highest BCUT2D eigenvalue weighted by Gasteiger charge is 2.43. The van der Waals surface area contributed by atoms with E-state index in [2.05, 4.69) is 10.6 Å². The highest BCUT2D eigenvalue weighted by molar-refractivity contribution is 8.02. The van der Waals surface area contributed by atoms with Gasteiger partial charge in [-0.3, -0.25) is 14.4 Å².